The van der Waals surface area contributed by atoms with E-state index in [9.17, 15) is 0 Å². The van der Waals surface area contributed by atoms with Crippen molar-refractivity contribution in [1.82, 2.24) is 0 Å². The standard InChI is InChI=1S/C15H17N3/c1-16-13-8-4-3-7-12(13)11-18-15-10-6-5-9-14(15)17-2/h3-10,17-18H,1,11H2,2H3. The highest BCUT2D eigenvalue weighted by Gasteiger charge is 2.02. The van der Waals surface area contributed by atoms with Gasteiger partial charge in [-0.1, -0.05) is 30.3 Å². The predicted octanol–water partition coefficient (Wildman–Crippen LogP) is 3.67. The summed E-state index contributed by atoms with van der Waals surface area (Å²) in [5.41, 5.74) is 4.23. The monoisotopic (exact) mass is 239 g/mol. The van der Waals surface area contributed by atoms with Crippen molar-refractivity contribution in [1.29, 1.82) is 0 Å². The van der Waals surface area contributed by atoms with Gasteiger partial charge in [-0.2, -0.15) is 0 Å². The maximum absolute atomic E-state index is 4.02. The fourth-order valence-corrected chi connectivity index (χ4v) is 1.86. The normalized spacial score (nSPS) is 9.83. The van der Waals surface area contributed by atoms with Crippen LogP contribution in [0.25, 0.3) is 0 Å². The predicted molar refractivity (Wildman–Crippen MR) is 79.0 cm³/mol. The van der Waals surface area contributed by atoms with Gasteiger partial charge in [0.1, 0.15) is 0 Å². The summed E-state index contributed by atoms with van der Waals surface area (Å²) in [7, 11) is 1.92. The molecule has 0 unspecified atom stereocenters. The number of benzene rings is 2. The van der Waals surface area contributed by atoms with Crippen LogP contribution in [0.3, 0.4) is 0 Å². The van der Waals surface area contributed by atoms with Crippen molar-refractivity contribution in [3.05, 3.63) is 54.1 Å². The summed E-state index contributed by atoms with van der Waals surface area (Å²) < 4.78 is 0. The van der Waals surface area contributed by atoms with E-state index < -0.39 is 0 Å². The average molecular weight is 239 g/mol. The van der Waals surface area contributed by atoms with Crippen LogP contribution in [0.4, 0.5) is 17.1 Å². The third-order valence-corrected chi connectivity index (χ3v) is 2.83. The fraction of sp³-hybridized carbons (Fsp3) is 0.133. The summed E-state index contributed by atoms with van der Waals surface area (Å²) in [5.74, 6) is 0. The Labute approximate surface area is 108 Å². The molecule has 0 atom stereocenters. The maximum atomic E-state index is 4.02. The SMILES string of the molecule is C=Nc1ccccc1CNc1ccccc1NC. The van der Waals surface area contributed by atoms with Crippen LogP contribution in [-0.4, -0.2) is 13.8 Å². The van der Waals surface area contributed by atoms with E-state index in [0.717, 1.165) is 29.2 Å². The summed E-state index contributed by atoms with van der Waals surface area (Å²) >= 11 is 0. The molecule has 0 heterocycles. The molecule has 0 spiro atoms. The summed E-state index contributed by atoms with van der Waals surface area (Å²) in [5, 5.41) is 6.57. The summed E-state index contributed by atoms with van der Waals surface area (Å²) in [6.07, 6.45) is 0. The number of nitrogens with one attached hydrogen (secondary N) is 2. The summed E-state index contributed by atoms with van der Waals surface area (Å²) in [6, 6.07) is 16.1. The molecule has 2 aromatic carbocycles. The van der Waals surface area contributed by atoms with Crippen molar-refractivity contribution < 1.29 is 0 Å². The van der Waals surface area contributed by atoms with Crippen molar-refractivity contribution in [3.8, 4) is 0 Å². The van der Waals surface area contributed by atoms with E-state index >= 15 is 0 Å². The maximum Gasteiger partial charge on any atom is 0.0672 e. The molecular weight excluding hydrogens is 222 g/mol. The molecule has 0 saturated carbocycles. The van der Waals surface area contributed by atoms with Gasteiger partial charge in [0.2, 0.25) is 0 Å². The molecular formula is C15H17N3. The smallest absolute Gasteiger partial charge is 0.0672 e. The molecule has 0 saturated heterocycles. The van der Waals surface area contributed by atoms with Gasteiger partial charge in [-0.25, -0.2) is 0 Å². The molecule has 2 aromatic rings. The molecule has 0 aliphatic carbocycles. The van der Waals surface area contributed by atoms with Gasteiger partial charge in [-0.3, -0.25) is 4.99 Å². The number of para-hydroxylation sites is 3. The van der Waals surface area contributed by atoms with Crippen LogP contribution in [0, 0.1) is 0 Å². The van der Waals surface area contributed by atoms with E-state index in [2.05, 4.69) is 34.5 Å². The minimum absolute atomic E-state index is 0.730. The highest BCUT2D eigenvalue weighted by molar-refractivity contribution is 5.68. The van der Waals surface area contributed by atoms with Crippen LogP contribution in [0.5, 0.6) is 0 Å². The van der Waals surface area contributed by atoms with Gasteiger partial charge in [0.15, 0.2) is 0 Å². The Kier molecular flexibility index (Phi) is 3.97. The Bertz CT molecular complexity index is 535. The lowest BCUT2D eigenvalue weighted by Crippen LogP contribution is -2.02. The molecule has 0 aliphatic heterocycles. The highest BCUT2D eigenvalue weighted by Crippen LogP contribution is 2.23. The third kappa shape index (κ3) is 2.69. The van der Waals surface area contributed by atoms with Crippen LogP contribution >= 0.6 is 0 Å². The van der Waals surface area contributed by atoms with Crippen LogP contribution < -0.4 is 10.6 Å². The molecule has 0 amide bonds. The second-order valence-corrected chi connectivity index (χ2v) is 3.94. The Morgan fingerprint density at radius 1 is 1.00 bits per heavy atom. The first-order valence-electron chi connectivity index (χ1n) is 5.90. The van der Waals surface area contributed by atoms with Crippen molar-refractivity contribution >= 4 is 23.8 Å². The van der Waals surface area contributed by atoms with Gasteiger partial charge in [-0.15, -0.1) is 0 Å². The largest absolute Gasteiger partial charge is 0.386 e. The van der Waals surface area contributed by atoms with Gasteiger partial charge in [0, 0.05) is 13.6 Å². The molecule has 92 valence electrons. The molecule has 0 aliphatic rings. The Morgan fingerprint density at radius 2 is 1.67 bits per heavy atom. The first kappa shape index (κ1) is 12.2. The molecule has 18 heavy (non-hydrogen) atoms. The van der Waals surface area contributed by atoms with E-state index in [1.54, 1.807) is 0 Å². The summed E-state index contributed by atoms with van der Waals surface area (Å²) in [4.78, 5) is 4.02. The number of rotatable bonds is 5. The highest BCUT2D eigenvalue weighted by atomic mass is 14.9. The lowest BCUT2D eigenvalue weighted by molar-refractivity contribution is 1.14. The van der Waals surface area contributed by atoms with E-state index in [1.165, 1.54) is 0 Å². The Balaban J connectivity index is 2.14. The third-order valence-electron chi connectivity index (χ3n) is 2.83. The van der Waals surface area contributed by atoms with Crippen molar-refractivity contribution in [2.45, 2.75) is 6.54 Å². The number of nitrogens with zero attached hydrogens (tertiary/aromatic N) is 1. The molecule has 3 heteroatoms. The van der Waals surface area contributed by atoms with Crippen molar-refractivity contribution in [3.63, 3.8) is 0 Å². The van der Waals surface area contributed by atoms with Gasteiger partial charge in [-0.05, 0) is 30.5 Å². The first-order chi connectivity index (χ1) is 8.85. The van der Waals surface area contributed by atoms with E-state index in [4.69, 9.17) is 0 Å². The number of hydrogen-bond acceptors (Lipinski definition) is 3. The molecule has 0 aromatic heterocycles. The minimum atomic E-state index is 0.730. The molecule has 0 fully saturated rings. The lowest BCUT2D eigenvalue weighted by Gasteiger charge is -2.12. The lowest BCUT2D eigenvalue weighted by atomic mass is 10.1. The quantitative estimate of drug-likeness (QED) is 0.781. The topological polar surface area (TPSA) is 36.4 Å². The number of aliphatic imine (C=N–C) groups is 1. The first-order valence-corrected chi connectivity index (χ1v) is 5.90. The van der Waals surface area contributed by atoms with Gasteiger partial charge in [0.05, 0.1) is 17.1 Å². The van der Waals surface area contributed by atoms with Crippen LogP contribution in [0.2, 0.25) is 0 Å². The molecule has 0 bridgehead atoms. The second-order valence-electron chi connectivity index (χ2n) is 3.94. The molecule has 2 rings (SSSR count). The van der Waals surface area contributed by atoms with Gasteiger partial charge in [0.25, 0.3) is 0 Å². The van der Waals surface area contributed by atoms with Gasteiger partial charge >= 0.3 is 0 Å². The molecule has 2 N–H and O–H groups in total. The van der Waals surface area contributed by atoms with Gasteiger partial charge < -0.3 is 10.6 Å². The Hall–Kier alpha value is -2.29. The zero-order valence-electron chi connectivity index (χ0n) is 10.5. The van der Waals surface area contributed by atoms with Crippen molar-refractivity contribution in [2.24, 2.45) is 4.99 Å². The molecule has 0 radical (unpaired) electrons. The Morgan fingerprint density at radius 3 is 2.39 bits per heavy atom. The minimum Gasteiger partial charge on any atom is -0.386 e. The fourth-order valence-electron chi connectivity index (χ4n) is 1.86. The zero-order valence-corrected chi connectivity index (χ0v) is 10.5. The number of hydrogen-bond donors (Lipinski definition) is 2. The zero-order chi connectivity index (χ0) is 12.8. The summed E-state index contributed by atoms with van der Waals surface area (Å²) in [6.45, 7) is 4.32. The van der Waals surface area contributed by atoms with E-state index in [-0.39, 0.29) is 0 Å². The van der Waals surface area contributed by atoms with Crippen LogP contribution in [0.1, 0.15) is 5.56 Å². The molecule has 3 nitrogen and oxygen atoms in total. The van der Waals surface area contributed by atoms with E-state index in [0.29, 0.717) is 0 Å². The average Bonchev–Trinajstić information content (AvgIpc) is 2.45. The van der Waals surface area contributed by atoms with E-state index in [1.807, 2.05) is 43.4 Å². The van der Waals surface area contributed by atoms with Crippen LogP contribution in [0.15, 0.2) is 53.5 Å². The van der Waals surface area contributed by atoms with Crippen LogP contribution in [-0.2, 0) is 6.54 Å². The number of anilines is 2. The van der Waals surface area contributed by atoms with Crippen molar-refractivity contribution in [2.75, 3.05) is 17.7 Å². The second kappa shape index (κ2) is 5.87.